The molecule has 0 N–H and O–H groups in total. The largest absolute Gasteiger partial charge is 0.341 e. The molecule has 3 aromatic rings. The fourth-order valence-corrected chi connectivity index (χ4v) is 4.55. The number of rotatable bonds is 7. The summed E-state index contributed by atoms with van der Waals surface area (Å²) in [5, 5.41) is 0. The number of hydrogen-bond acceptors (Lipinski definition) is 3. The van der Waals surface area contributed by atoms with E-state index in [1.807, 2.05) is 47.0 Å². The zero-order valence-electron chi connectivity index (χ0n) is 18.6. The van der Waals surface area contributed by atoms with Crippen LogP contribution in [-0.2, 0) is 6.42 Å². The number of carbonyl (C=O) groups excluding carboxylic acids is 1. The number of piperidine rings is 1. The van der Waals surface area contributed by atoms with E-state index in [4.69, 9.17) is 0 Å². The Hall–Kier alpha value is -2.92. The Bertz CT molecular complexity index is 981. The second kappa shape index (κ2) is 9.92. The summed E-state index contributed by atoms with van der Waals surface area (Å²) in [5.41, 5.74) is 4.56. The number of likely N-dealkylation sites (tertiary alicyclic amines) is 1. The number of amides is 1. The SMILES string of the molecule is Cc1ccccc1CCN1CCC[C@@H](CN(C)C(=O)c2ccc(-n3ccnc3)cc2)C1. The molecule has 1 aliphatic heterocycles. The van der Waals surface area contributed by atoms with Crippen LogP contribution in [0, 0.1) is 12.8 Å². The van der Waals surface area contributed by atoms with Crippen molar-refractivity contribution in [1.29, 1.82) is 0 Å². The summed E-state index contributed by atoms with van der Waals surface area (Å²) in [6, 6.07) is 16.4. The highest BCUT2D eigenvalue weighted by Gasteiger charge is 2.23. The summed E-state index contributed by atoms with van der Waals surface area (Å²) in [4.78, 5) is 21.5. The summed E-state index contributed by atoms with van der Waals surface area (Å²) in [5.74, 6) is 0.624. The van der Waals surface area contributed by atoms with Crippen LogP contribution in [0.1, 0.15) is 34.3 Å². The molecule has 1 fully saturated rings. The fourth-order valence-electron chi connectivity index (χ4n) is 4.55. The Morgan fingerprint density at radius 1 is 1.16 bits per heavy atom. The molecule has 2 aromatic carbocycles. The number of carbonyl (C=O) groups is 1. The van der Waals surface area contributed by atoms with Crippen LogP contribution in [0.2, 0.25) is 0 Å². The summed E-state index contributed by atoms with van der Waals surface area (Å²) >= 11 is 0. The third-order valence-corrected chi connectivity index (χ3v) is 6.36. The Morgan fingerprint density at radius 2 is 1.97 bits per heavy atom. The molecule has 1 amide bonds. The van der Waals surface area contributed by atoms with Crippen molar-refractivity contribution in [2.75, 3.05) is 33.2 Å². The van der Waals surface area contributed by atoms with Gasteiger partial charge < -0.3 is 14.4 Å². The lowest BCUT2D eigenvalue weighted by Gasteiger charge is -2.35. The summed E-state index contributed by atoms with van der Waals surface area (Å²) in [7, 11) is 1.93. The van der Waals surface area contributed by atoms with Crippen molar-refractivity contribution in [2.24, 2.45) is 5.92 Å². The van der Waals surface area contributed by atoms with Gasteiger partial charge in [-0.05, 0) is 74.0 Å². The Kier molecular flexibility index (Phi) is 6.82. The topological polar surface area (TPSA) is 41.4 Å². The van der Waals surface area contributed by atoms with Gasteiger partial charge in [-0.1, -0.05) is 24.3 Å². The van der Waals surface area contributed by atoms with Gasteiger partial charge in [-0.3, -0.25) is 4.79 Å². The maximum atomic E-state index is 12.9. The van der Waals surface area contributed by atoms with E-state index >= 15 is 0 Å². The van der Waals surface area contributed by atoms with Gasteiger partial charge in [-0.15, -0.1) is 0 Å². The zero-order chi connectivity index (χ0) is 21.6. The molecule has 5 heteroatoms. The average Bonchev–Trinajstić information content (AvgIpc) is 3.33. The Balaban J connectivity index is 1.29. The van der Waals surface area contributed by atoms with Gasteiger partial charge in [-0.2, -0.15) is 0 Å². The quantitative estimate of drug-likeness (QED) is 0.579. The van der Waals surface area contributed by atoms with Crippen molar-refractivity contribution < 1.29 is 4.79 Å². The zero-order valence-corrected chi connectivity index (χ0v) is 18.6. The lowest BCUT2D eigenvalue weighted by molar-refractivity contribution is 0.0730. The van der Waals surface area contributed by atoms with Gasteiger partial charge in [0, 0.05) is 50.3 Å². The van der Waals surface area contributed by atoms with Crippen LogP contribution < -0.4 is 0 Å². The van der Waals surface area contributed by atoms with Crippen LogP contribution >= 0.6 is 0 Å². The molecule has 5 nitrogen and oxygen atoms in total. The smallest absolute Gasteiger partial charge is 0.253 e. The molecule has 0 unspecified atom stereocenters. The first-order valence-electron chi connectivity index (χ1n) is 11.2. The molecular weight excluding hydrogens is 384 g/mol. The van der Waals surface area contributed by atoms with E-state index in [1.54, 1.807) is 12.5 Å². The van der Waals surface area contributed by atoms with Crippen LogP contribution in [0.4, 0.5) is 0 Å². The minimum absolute atomic E-state index is 0.0919. The van der Waals surface area contributed by atoms with Crippen LogP contribution in [0.3, 0.4) is 0 Å². The number of aryl methyl sites for hydroxylation is 1. The van der Waals surface area contributed by atoms with E-state index < -0.39 is 0 Å². The number of nitrogens with zero attached hydrogens (tertiary/aromatic N) is 4. The van der Waals surface area contributed by atoms with E-state index in [-0.39, 0.29) is 5.91 Å². The molecule has 0 bridgehead atoms. The molecule has 0 radical (unpaired) electrons. The number of aromatic nitrogens is 2. The van der Waals surface area contributed by atoms with Gasteiger partial charge in [-0.25, -0.2) is 4.98 Å². The maximum Gasteiger partial charge on any atom is 0.253 e. The van der Waals surface area contributed by atoms with Crippen molar-refractivity contribution in [3.8, 4) is 5.69 Å². The van der Waals surface area contributed by atoms with Crippen molar-refractivity contribution in [3.63, 3.8) is 0 Å². The van der Waals surface area contributed by atoms with Crippen LogP contribution in [0.15, 0.2) is 67.3 Å². The van der Waals surface area contributed by atoms with Gasteiger partial charge in [0.1, 0.15) is 0 Å². The molecule has 1 saturated heterocycles. The van der Waals surface area contributed by atoms with Crippen LogP contribution in [0.25, 0.3) is 5.69 Å². The first-order valence-corrected chi connectivity index (χ1v) is 11.2. The predicted octanol–water partition coefficient (Wildman–Crippen LogP) is 4.21. The minimum Gasteiger partial charge on any atom is -0.341 e. The van der Waals surface area contributed by atoms with E-state index in [1.165, 1.54) is 24.0 Å². The predicted molar refractivity (Wildman–Crippen MR) is 125 cm³/mol. The van der Waals surface area contributed by atoms with Crippen molar-refractivity contribution in [3.05, 3.63) is 83.9 Å². The molecule has 0 saturated carbocycles. The number of benzene rings is 2. The lowest BCUT2D eigenvalue weighted by atomic mass is 9.96. The first-order chi connectivity index (χ1) is 15.1. The molecule has 0 aliphatic carbocycles. The monoisotopic (exact) mass is 416 g/mol. The van der Waals surface area contributed by atoms with Gasteiger partial charge >= 0.3 is 0 Å². The van der Waals surface area contributed by atoms with Crippen molar-refractivity contribution in [2.45, 2.75) is 26.2 Å². The molecule has 1 aliphatic rings. The average molecular weight is 417 g/mol. The molecular formula is C26H32N4O. The van der Waals surface area contributed by atoms with Crippen LogP contribution in [0.5, 0.6) is 0 Å². The normalized spacial score (nSPS) is 16.9. The van der Waals surface area contributed by atoms with E-state index in [2.05, 4.69) is 41.1 Å². The van der Waals surface area contributed by atoms with Crippen molar-refractivity contribution in [1.82, 2.24) is 19.4 Å². The van der Waals surface area contributed by atoms with E-state index in [9.17, 15) is 4.79 Å². The van der Waals surface area contributed by atoms with Crippen molar-refractivity contribution >= 4 is 5.91 Å². The molecule has 1 aromatic heterocycles. The standard InChI is InChI=1S/C26H32N4O/c1-21-6-3-4-8-23(21)13-16-29-15-5-7-22(19-29)18-28(2)26(31)24-9-11-25(12-10-24)30-17-14-27-20-30/h3-4,6,8-12,14,17,20,22H,5,7,13,15-16,18-19H2,1-2H3/t22-/m0/s1. The molecule has 1 atom stereocenters. The fraction of sp³-hybridized carbons (Fsp3) is 0.385. The third-order valence-electron chi connectivity index (χ3n) is 6.36. The number of hydrogen-bond donors (Lipinski definition) is 0. The van der Waals surface area contributed by atoms with E-state index in [0.717, 1.165) is 43.9 Å². The molecule has 2 heterocycles. The Morgan fingerprint density at radius 3 is 2.71 bits per heavy atom. The second-order valence-electron chi connectivity index (χ2n) is 8.69. The van der Waals surface area contributed by atoms with Gasteiger partial charge in [0.25, 0.3) is 5.91 Å². The van der Waals surface area contributed by atoms with E-state index in [0.29, 0.717) is 5.92 Å². The highest BCUT2D eigenvalue weighted by Crippen LogP contribution is 2.20. The summed E-state index contributed by atoms with van der Waals surface area (Å²) in [6.45, 7) is 6.33. The highest BCUT2D eigenvalue weighted by molar-refractivity contribution is 5.94. The van der Waals surface area contributed by atoms with Gasteiger partial charge in [0.15, 0.2) is 0 Å². The third kappa shape index (κ3) is 5.42. The highest BCUT2D eigenvalue weighted by atomic mass is 16.2. The van der Waals surface area contributed by atoms with Gasteiger partial charge in [0.2, 0.25) is 0 Å². The molecule has 31 heavy (non-hydrogen) atoms. The maximum absolute atomic E-state index is 12.9. The molecule has 162 valence electrons. The second-order valence-corrected chi connectivity index (χ2v) is 8.69. The van der Waals surface area contributed by atoms with Crippen LogP contribution in [-0.4, -0.2) is 58.5 Å². The summed E-state index contributed by atoms with van der Waals surface area (Å²) < 4.78 is 1.94. The first kappa shape index (κ1) is 21.3. The molecule has 0 spiro atoms. The molecule has 4 rings (SSSR count). The minimum atomic E-state index is 0.0919. The Labute approximate surface area is 185 Å². The van der Waals surface area contributed by atoms with Gasteiger partial charge in [0.05, 0.1) is 6.33 Å². The number of imidazole rings is 1. The lowest BCUT2D eigenvalue weighted by Crippen LogP contribution is -2.42. The summed E-state index contributed by atoms with van der Waals surface area (Å²) in [6.07, 6.45) is 8.91.